The van der Waals surface area contributed by atoms with Crippen molar-refractivity contribution >= 4 is 23.7 Å². The van der Waals surface area contributed by atoms with E-state index < -0.39 is 0 Å². The maximum atomic E-state index is 12.8. The molecule has 0 radical (unpaired) electrons. The van der Waals surface area contributed by atoms with Crippen LogP contribution >= 0.6 is 0 Å². The molecule has 140 valence electrons. The van der Waals surface area contributed by atoms with Crippen LogP contribution in [0.4, 0.5) is 0 Å². The highest BCUT2D eigenvalue weighted by atomic mass is 16.5. The Morgan fingerprint density at radius 3 is 2.38 bits per heavy atom. The van der Waals surface area contributed by atoms with Gasteiger partial charge in [0.1, 0.15) is 6.54 Å². The third kappa shape index (κ3) is 2.64. The lowest BCUT2D eigenvalue weighted by Gasteiger charge is -2.36. The van der Waals surface area contributed by atoms with Crippen LogP contribution < -0.4 is 0 Å². The van der Waals surface area contributed by atoms with Crippen LogP contribution in [0.1, 0.15) is 32.1 Å². The summed E-state index contributed by atoms with van der Waals surface area (Å²) < 4.78 is 4.73. The zero-order chi connectivity index (χ0) is 18.4. The fourth-order valence-corrected chi connectivity index (χ4v) is 5.16. The molecule has 5 atom stereocenters. The first-order chi connectivity index (χ1) is 12.5. The number of carbonyl (C=O) groups is 4. The van der Waals surface area contributed by atoms with Gasteiger partial charge in [-0.1, -0.05) is 12.2 Å². The minimum absolute atomic E-state index is 0.142. The normalized spacial score (nSPS) is 35.2. The van der Waals surface area contributed by atoms with Crippen molar-refractivity contribution in [3.8, 4) is 0 Å². The van der Waals surface area contributed by atoms with Gasteiger partial charge in [0, 0.05) is 12.6 Å². The number of hydrogen-bond donors (Lipinski definition) is 0. The predicted octanol–water partition coefficient (Wildman–Crippen LogP) is 0.738. The topological polar surface area (TPSA) is 84.0 Å². The quantitative estimate of drug-likeness (QED) is 0.419. The highest BCUT2D eigenvalue weighted by Gasteiger charge is 2.59. The van der Waals surface area contributed by atoms with E-state index in [1.807, 2.05) is 12.2 Å². The molecule has 2 heterocycles. The fourth-order valence-electron chi connectivity index (χ4n) is 5.16. The van der Waals surface area contributed by atoms with E-state index in [-0.39, 0.29) is 66.4 Å². The second-order valence-electron chi connectivity index (χ2n) is 7.78. The highest BCUT2D eigenvalue weighted by Crippen LogP contribution is 2.52. The lowest BCUT2D eigenvalue weighted by Crippen LogP contribution is -2.50. The number of imide groups is 1. The Morgan fingerprint density at radius 2 is 1.77 bits per heavy atom. The van der Waals surface area contributed by atoms with Gasteiger partial charge in [-0.15, -0.1) is 0 Å². The molecule has 2 saturated heterocycles. The molecular weight excluding hydrogens is 336 g/mol. The first-order valence-corrected chi connectivity index (χ1v) is 9.41. The molecular formula is C19H24N2O5. The van der Waals surface area contributed by atoms with Crippen molar-refractivity contribution < 1.29 is 23.9 Å². The van der Waals surface area contributed by atoms with Crippen LogP contribution in [0.25, 0.3) is 0 Å². The van der Waals surface area contributed by atoms with Crippen LogP contribution in [0.5, 0.6) is 0 Å². The highest BCUT2D eigenvalue weighted by molar-refractivity contribution is 6.08. The van der Waals surface area contributed by atoms with Crippen LogP contribution in [0, 0.1) is 23.7 Å². The van der Waals surface area contributed by atoms with E-state index in [9.17, 15) is 19.2 Å². The summed E-state index contributed by atoms with van der Waals surface area (Å²) in [5.41, 5.74) is 0. The molecule has 1 saturated carbocycles. The Hall–Kier alpha value is -2.18. The SMILES string of the molecule is COC(=O)C[C@@H]1CCCCN1C(=O)CN1C(=O)[C@@H]2[C@H](C1=O)[C@@H]1C=C[C@H]2C1. The van der Waals surface area contributed by atoms with E-state index in [2.05, 4.69) is 0 Å². The van der Waals surface area contributed by atoms with Crippen molar-refractivity contribution in [2.45, 2.75) is 38.1 Å². The Balaban J connectivity index is 1.45. The number of allylic oxidation sites excluding steroid dienone is 2. The van der Waals surface area contributed by atoms with Gasteiger partial charge in [-0.05, 0) is 37.5 Å². The number of piperidine rings is 1. The van der Waals surface area contributed by atoms with Crippen LogP contribution in [-0.2, 0) is 23.9 Å². The van der Waals surface area contributed by atoms with Gasteiger partial charge in [0.2, 0.25) is 17.7 Å². The summed E-state index contributed by atoms with van der Waals surface area (Å²) in [6, 6.07) is -0.214. The van der Waals surface area contributed by atoms with Gasteiger partial charge < -0.3 is 9.64 Å². The summed E-state index contributed by atoms with van der Waals surface area (Å²) in [6.07, 6.45) is 7.67. The molecule has 4 rings (SSSR count). The Labute approximate surface area is 152 Å². The van der Waals surface area contributed by atoms with Crippen molar-refractivity contribution in [3.63, 3.8) is 0 Å². The van der Waals surface area contributed by atoms with E-state index in [1.165, 1.54) is 7.11 Å². The van der Waals surface area contributed by atoms with E-state index in [1.54, 1.807) is 4.90 Å². The van der Waals surface area contributed by atoms with E-state index in [0.717, 1.165) is 30.6 Å². The Morgan fingerprint density at radius 1 is 1.12 bits per heavy atom. The van der Waals surface area contributed by atoms with Crippen molar-refractivity contribution in [1.82, 2.24) is 9.80 Å². The number of fused-ring (bicyclic) bond motifs is 5. The minimum atomic E-state index is -0.347. The third-order valence-corrected chi connectivity index (χ3v) is 6.43. The molecule has 0 unspecified atom stereocenters. The van der Waals surface area contributed by atoms with Gasteiger partial charge in [-0.3, -0.25) is 24.1 Å². The summed E-state index contributed by atoms with van der Waals surface area (Å²) in [7, 11) is 1.33. The van der Waals surface area contributed by atoms with E-state index >= 15 is 0 Å². The summed E-state index contributed by atoms with van der Waals surface area (Å²) in [4.78, 5) is 52.7. The number of methoxy groups -OCH3 is 1. The number of hydrogen-bond acceptors (Lipinski definition) is 5. The molecule has 7 nitrogen and oxygen atoms in total. The number of likely N-dealkylation sites (tertiary alicyclic amines) is 2. The monoisotopic (exact) mass is 360 g/mol. The van der Waals surface area contributed by atoms with Crippen molar-refractivity contribution in [2.24, 2.45) is 23.7 Å². The zero-order valence-corrected chi connectivity index (χ0v) is 14.9. The second-order valence-corrected chi connectivity index (χ2v) is 7.78. The van der Waals surface area contributed by atoms with Crippen LogP contribution in [-0.4, -0.2) is 59.7 Å². The maximum absolute atomic E-state index is 12.8. The lowest BCUT2D eigenvalue weighted by molar-refractivity contribution is -0.150. The average Bonchev–Trinajstić information content (AvgIpc) is 3.32. The summed E-state index contributed by atoms with van der Waals surface area (Å²) in [5.74, 6) is -1.28. The number of amides is 3. The van der Waals surface area contributed by atoms with Gasteiger partial charge in [-0.25, -0.2) is 0 Å². The molecule has 2 aliphatic heterocycles. The summed E-state index contributed by atoms with van der Waals surface area (Å²) in [5, 5.41) is 0. The molecule has 0 spiro atoms. The first-order valence-electron chi connectivity index (χ1n) is 9.41. The first kappa shape index (κ1) is 17.2. The molecule has 26 heavy (non-hydrogen) atoms. The fraction of sp³-hybridized carbons (Fsp3) is 0.684. The zero-order valence-electron chi connectivity index (χ0n) is 14.9. The van der Waals surface area contributed by atoms with Crippen LogP contribution in [0.2, 0.25) is 0 Å². The largest absolute Gasteiger partial charge is 0.469 e. The molecule has 2 aliphatic carbocycles. The van der Waals surface area contributed by atoms with Gasteiger partial charge in [-0.2, -0.15) is 0 Å². The smallest absolute Gasteiger partial charge is 0.307 e. The van der Waals surface area contributed by atoms with Gasteiger partial charge in [0.15, 0.2) is 0 Å². The minimum Gasteiger partial charge on any atom is -0.469 e. The van der Waals surface area contributed by atoms with Gasteiger partial charge >= 0.3 is 5.97 Å². The van der Waals surface area contributed by atoms with Crippen molar-refractivity contribution in [1.29, 1.82) is 0 Å². The van der Waals surface area contributed by atoms with Crippen LogP contribution in [0.15, 0.2) is 12.2 Å². The number of esters is 1. The number of rotatable bonds is 4. The Bertz CT molecular complexity index is 657. The van der Waals surface area contributed by atoms with E-state index in [0.29, 0.717) is 6.54 Å². The number of nitrogens with zero attached hydrogens (tertiary/aromatic N) is 2. The molecule has 0 aromatic heterocycles. The number of carbonyl (C=O) groups excluding carboxylic acids is 4. The molecule has 3 amide bonds. The molecule has 0 N–H and O–H groups in total. The average molecular weight is 360 g/mol. The molecule has 4 aliphatic rings. The predicted molar refractivity (Wildman–Crippen MR) is 90.4 cm³/mol. The second kappa shape index (κ2) is 6.52. The third-order valence-electron chi connectivity index (χ3n) is 6.43. The molecule has 0 aromatic rings. The van der Waals surface area contributed by atoms with E-state index in [4.69, 9.17) is 4.74 Å². The summed E-state index contributed by atoms with van der Waals surface area (Å²) in [6.45, 7) is 0.345. The lowest BCUT2D eigenvalue weighted by atomic mass is 9.85. The molecule has 3 fully saturated rings. The van der Waals surface area contributed by atoms with Crippen molar-refractivity contribution in [3.05, 3.63) is 12.2 Å². The number of ether oxygens (including phenoxy) is 1. The molecule has 7 heteroatoms. The molecule has 0 aromatic carbocycles. The van der Waals surface area contributed by atoms with Gasteiger partial charge in [0.05, 0.1) is 25.4 Å². The maximum Gasteiger partial charge on any atom is 0.307 e. The Kier molecular flexibility index (Phi) is 4.32. The standard InChI is InChI=1S/C19H24N2O5/c1-26-15(23)9-13-4-2-3-7-20(13)14(22)10-21-18(24)16-11-5-6-12(8-11)17(16)19(21)25/h5-6,11-13,16-17H,2-4,7-10H2,1H3/t11-,12+,13-,16-,17+/m0/s1. The van der Waals surface area contributed by atoms with Gasteiger partial charge in [0.25, 0.3) is 0 Å². The summed E-state index contributed by atoms with van der Waals surface area (Å²) >= 11 is 0. The van der Waals surface area contributed by atoms with Crippen molar-refractivity contribution in [2.75, 3.05) is 20.2 Å². The van der Waals surface area contributed by atoms with Crippen LogP contribution in [0.3, 0.4) is 0 Å². The molecule has 2 bridgehead atoms.